The van der Waals surface area contributed by atoms with Gasteiger partial charge in [-0.2, -0.15) is 0 Å². The van der Waals surface area contributed by atoms with Crippen LogP contribution in [-0.2, 0) is 0 Å². The van der Waals surface area contributed by atoms with E-state index in [1.54, 1.807) is 13.0 Å². The van der Waals surface area contributed by atoms with Gasteiger partial charge in [0.2, 0.25) is 0 Å². The molecule has 0 aliphatic carbocycles. The van der Waals surface area contributed by atoms with Gasteiger partial charge >= 0.3 is 5.97 Å². The molecule has 0 atom stereocenters. The fourth-order valence-corrected chi connectivity index (χ4v) is 2.16. The normalized spacial score (nSPS) is 10.1. The Bertz CT molecular complexity index is 778. The topological polar surface area (TPSA) is 105 Å². The van der Waals surface area contributed by atoms with Gasteiger partial charge in [-0.1, -0.05) is 0 Å². The molecule has 0 heterocycles. The number of methoxy groups -OCH3 is 2. The molecule has 0 radical (unpaired) electrons. The van der Waals surface area contributed by atoms with Crippen LogP contribution in [0.5, 0.6) is 17.2 Å². The molecule has 0 spiro atoms. The first kappa shape index (κ1) is 17.1. The number of hydrogen-bond acceptors (Lipinski definition) is 5. The first-order valence-corrected chi connectivity index (χ1v) is 6.97. The summed E-state index contributed by atoms with van der Waals surface area (Å²) in [6.45, 7) is 1.55. The lowest BCUT2D eigenvalue weighted by atomic mass is 10.1. The number of rotatable bonds is 5. The number of carboxylic acid groups (broad SMARTS) is 1. The molecule has 0 bridgehead atoms. The quantitative estimate of drug-likeness (QED) is 0.728. The molecule has 24 heavy (non-hydrogen) atoms. The van der Waals surface area contributed by atoms with Crippen LogP contribution in [0.25, 0.3) is 0 Å². The van der Waals surface area contributed by atoms with Crippen molar-refractivity contribution in [2.45, 2.75) is 6.92 Å². The third-order valence-electron chi connectivity index (χ3n) is 3.40. The van der Waals surface area contributed by atoms with Crippen molar-refractivity contribution in [2.24, 2.45) is 0 Å². The molecule has 0 aliphatic rings. The molecule has 0 saturated carbocycles. The van der Waals surface area contributed by atoms with E-state index in [2.05, 4.69) is 5.32 Å². The van der Waals surface area contributed by atoms with Crippen molar-refractivity contribution in [3.8, 4) is 17.2 Å². The van der Waals surface area contributed by atoms with Crippen LogP contribution >= 0.6 is 0 Å². The van der Waals surface area contributed by atoms with Crippen LogP contribution in [0, 0.1) is 6.92 Å². The molecule has 0 aromatic heterocycles. The first-order valence-electron chi connectivity index (χ1n) is 6.97. The number of benzene rings is 2. The Labute approximate surface area is 138 Å². The highest BCUT2D eigenvalue weighted by Gasteiger charge is 2.16. The van der Waals surface area contributed by atoms with Gasteiger partial charge in [0.15, 0.2) is 0 Å². The molecule has 0 aliphatic heterocycles. The van der Waals surface area contributed by atoms with E-state index in [0.717, 1.165) is 0 Å². The lowest BCUT2D eigenvalue weighted by molar-refractivity contribution is 0.0693. The Hall–Kier alpha value is -3.22. The average molecular weight is 331 g/mol. The van der Waals surface area contributed by atoms with Gasteiger partial charge in [-0.15, -0.1) is 0 Å². The van der Waals surface area contributed by atoms with Crippen molar-refractivity contribution < 1.29 is 29.3 Å². The van der Waals surface area contributed by atoms with Crippen LogP contribution in [0.15, 0.2) is 30.3 Å². The smallest absolute Gasteiger partial charge is 0.339 e. The molecule has 1 amide bonds. The summed E-state index contributed by atoms with van der Waals surface area (Å²) in [5.41, 5.74) is 0.602. The molecule has 2 aromatic rings. The van der Waals surface area contributed by atoms with E-state index < -0.39 is 11.9 Å². The van der Waals surface area contributed by atoms with Crippen molar-refractivity contribution in [3.05, 3.63) is 47.0 Å². The highest BCUT2D eigenvalue weighted by molar-refractivity contribution is 6.05. The summed E-state index contributed by atoms with van der Waals surface area (Å²) >= 11 is 0. The Morgan fingerprint density at radius 2 is 1.58 bits per heavy atom. The molecule has 7 heteroatoms. The number of nitrogens with one attached hydrogen (secondary N) is 1. The first-order chi connectivity index (χ1) is 11.3. The number of carbonyl (C=O) groups is 2. The number of carbonyl (C=O) groups excluding carboxylic acids is 1. The Balaban J connectivity index is 2.35. The highest BCUT2D eigenvalue weighted by Crippen LogP contribution is 2.28. The van der Waals surface area contributed by atoms with E-state index in [4.69, 9.17) is 14.6 Å². The number of ether oxygens (including phenoxy) is 2. The van der Waals surface area contributed by atoms with E-state index in [0.29, 0.717) is 17.1 Å². The van der Waals surface area contributed by atoms with Gasteiger partial charge < -0.3 is 25.0 Å². The molecule has 2 rings (SSSR count). The molecule has 7 nitrogen and oxygen atoms in total. The van der Waals surface area contributed by atoms with Crippen molar-refractivity contribution in [1.82, 2.24) is 0 Å². The largest absolute Gasteiger partial charge is 0.507 e. The number of aryl methyl sites for hydroxylation is 1. The van der Waals surface area contributed by atoms with E-state index in [1.807, 2.05) is 0 Å². The maximum atomic E-state index is 12.4. The molecule has 2 aromatic carbocycles. The zero-order valence-electron chi connectivity index (χ0n) is 13.4. The van der Waals surface area contributed by atoms with Gasteiger partial charge in [-0.25, -0.2) is 4.79 Å². The van der Waals surface area contributed by atoms with E-state index in [-0.39, 0.29) is 22.6 Å². The molecule has 0 saturated heterocycles. The predicted octanol–water partition coefficient (Wildman–Crippen LogP) is 2.67. The third-order valence-corrected chi connectivity index (χ3v) is 3.40. The lowest BCUT2D eigenvalue weighted by Gasteiger charge is -2.11. The summed E-state index contributed by atoms with van der Waals surface area (Å²) in [5, 5.41) is 21.4. The molecule has 3 N–H and O–H groups in total. The molecular weight excluding hydrogens is 314 g/mol. The van der Waals surface area contributed by atoms with E-state index >= 15 is 0 Å². The lowest BCUT2D eigenvalue weighted by Crippen LogP contribution is -2.13. The summed E-state index contributed by atoms with van der Waals surface area (Å²) in [4.78, 5) is 23.5. The third kappa shape index (κ3) is 3.57. The van der Waals surface area contributed by atoms with E-state index in [9.17, 15) is 14.7 Å². The standard InChI is InChI=1S/C17H17NO6/c1-9-4-11(7-14(15(9)19)17(21)22)18-16(20)10-5-12(23-2)8-13(6-10)24-3/h4-8,19H,1-3H3,(H,18,20)(H,21,22). The Morgan fingerprint density at radius 3 is 2.08 bits per heavy atom. The highest BCUT2D eigenvalue weighted by atomic mass is 16.5. The second-order valence-corrected chi connectivity index (χ2v) is 5.05. The number of aromatic hydroxyl groups is 1. The van der Waals surface area contributed by atoms with Crippen LogP contribution in [0.1, 0.15) is 26.3 Å². The van der Waals surface area contributed by atoms with Gasteiger partial charge in [0.25, 0.3) is 5.91 Å². The summed E-state index contributed by atoms with van der Waals surface area (Å²) < 4.78 is 10.2. The van der Waals surface area contributed by atoms with Gasteiger partial charge in [-0.3, -0.25) is 4.79 Å². The molecular formula is C17H17NO6. The van der Waals surface area contributed by atoms with Crippen molar-refractivity contribution in [1.29, 1.82) is 0 Å². The monoisotopic (exact) mass is 331 g/mol. The van der Waals surface area contributed by atoms with Crippen LogP contribution in [-0.4, -0.2) is 36.3 Å². The van der Waals surface area contributed by atoms with E-state index in [1.165, 1.54) is 38.5 Å². The number of carboxylic acids is 1. The summed E-state index contributed by atoms with van der Waals surface area (Å²) in [6.07, 6.45) is 0. The number of hydrogen-bond donors (Lipinski definition) is 3. The number of anilines is 1. The SMILES string of the molecule is COc1cc(OC)cc(C(=O)Nc2cc(C)c(O)c(C(=O)O)c2)c1. The fourth-order valence-electron chi connectivity index (χ4n) is 2.16. The minimum absolute atomic E-state index is 0.259. The van der Waals surface area contributed by atoms with Crippen LogP contribution in [0.3, 0.4) is 0 Å². The van der Waals surface area contributed by atoms with Crippen LogP contribution in [0.4, 0.5) is 5.69 Å². The number of aromatic carboxylic acids is 1. The van der Waals surface area contributed by atoms with Gasteiger partial charge in [0.05, 0.1) is 14.2 Å². The fraction of sp³-hybridized carbons (Fsp3) is 0.176. The second-order valence-electron chi connectivity index (χ2n) is 5.05. The van der Waals surface area contributed by atoms with Crippen molar-refractivity contribution in [2.75, 3.05) is 19.5 Å². The summed E-state index contributed by atoms with van der Waals surface area (Å²) in [6, 6.07) is 7.37. The number of amides is 1. The minimum atomic E-state index is -1.28. The Morgan fingerprint density at radius 1 is 1.00 bits per heavy atom. The van der Waals surface area contributed by atoms with Crippen molar-refractivity contribution in [3.63, 3.8) is 0 Å². The van der Waals surface area contributed by atoms with Gasteiger partial charge in [0, 0.05) is 17.3 Å². The van der Waals surface area contributed by atoms with Crippen LogP contribution in [0.2, 0.25) is 0 Å². The number of phenols is 1. The zero-order valence-corrected chi connectivity index (χ0v) is 13.4. The maximum Gasteiger partial charge on any atom is 0.339 e. The van der Waals surface area contributed by atoms with Crippen LogP contribution < -0.4 is 14.8 Å². The Kier molecular flexibility index (Phi) is 4.93. The van der Waals surface area contributed by atoms with Gasteiger partial charge in [-0.05, 0) is 36.8 Å². The van der Waals surface area contributed by atoms with Crippen molar-refractivity contribution >= 4 is 17.6 Å². The zero-order chi connectivity index (χ0) is 17.9. The molecule has 0 fully saturated rings. The maximum absolute atomic E-state index is 12.4. The molecule has 126 valence electrons. The minimum Gasteiger partial charge on any atom is -0.507 e. The molecule has 0 unspecified atom stereocenters. The summed E-state index contributed by atoms with van der Waals surface area (Å²) in [5.74, 6) is -1.17. The van der Waals surface area contributed by atoms with Gasteiger partial charge in [0.1, 0.15) is 22.8 Å². The average Bonchev–Trinajstić information content (AvgIpc) is 2.56. The summed E-state index contributed by atoms with van der Waals surface area (Å²) in [7, 11) is 2.94. The predicted molar refractivity (Wildman–Crippen MR) is 87.3 cm³/mol. The second kappa shape index (κ2) is 6.91.